The molecule has 1 saturated heterocycles. The predicted molar refractivity (Wildman–Crippen MR) is 85.0 cm³/mol. The maximum Gasteiger partial charge on any atom is 0.315 e. The van der Waals surface area contributed by atoms with Crippen LogP contribution >= 0.6 is 0 Å². The summed E-state index contributed by atoms with van der Waals surface area (Å²) < 4.78 is 0. The van der Waals surface area contributed by atoms with Gasteiger partial charge in [-0.15, -0.1) is 0 Å². The standard InChI is InChI=1S/C16H33N3O/c1-13(2)12-14-8-6-7-10-19(14)11-9-17-15(20)18-16(3,4)5/h13-14H,6-12H2,1-5H3,(H2,17,18,20)/t14-/m0/s1. The van der Waals surface area contributed by atoms with Crippen LogP contribution in [0.4, 0.5) is 4.79 Å². The molecule has 0 aromatic heterocycles. The first-order chi connectivity index (χ1) is 9.28. The van der Waals surface area contributed by atoms with E-state index in [9.17, 15) is 4.79 Å². The Bertz CT molecular complexity index is 297. The zero-order valence-electron chi connectivity index (χ0n) is 14.0. The summed E-state index contributed by atoms with van der Waals surface area (Å²) in [6.45, 7) is 13.5. The molecule has 0 aliphatic carbocycles. The Balaban J connectivity index is 2.29. The SMILES string of the molecule is CC(C)C[C@@H]1CCCCN1CCNC(=O)NC(C)(C)C. The molecule has 1 aliphatic rings. The summed E-state index contributed by atoms with van der Waals surface area (Å²) in [5, 5.41) is 5.90. The van der Waals surface area contributed by atoms with E-state index in [0.29, 0.717) is 6.04 Å². The number of amides is 2. The molecule has 4 heteroatoms. The first kappa shape index (κ1) is 17.3. The number of nitrogens with one attached hydrogen (secondary N) is 2. The highest BCUT2D eigenvalue weighted by Gasteiger charge is 2.22. The van der Waals surface area contributed by atoms with Crippen molar-refractivity contribution in [2.75, 3.05) is 19.6 Å². The van der Waals surface area contributed by atoms with Crippen LogP contribution in [0.5, 0.6) is 0 Å². The van der Waals surface area contributed by atoms with Gasteiger partial charge >= 0.3 is 6.03 Å². The fraction of sp³-hybridized carbons (Fsp3) is 0.938. The largest absolute Gasteiger partial charge is 0.337 e. The Kier molecular flexibility index (Phi) is 6.80. The predicted octanol–water partition coefficient (Wildman–Crippen LogP) is 2.98. The van der Waals surface area contributed by atoms with E-state index in [0.717, 1.165) is 19.0 Å². The van der Waals surface area contributed by atoms with Gasteiger partial charge in [-0.2, -0.15) is 0 Å². The van der Waals surface area contributed by atoms with Crippen LogP contribution in [-0.4, -0.2) is 42.1 Å². The van der Waals surface area contributed by atoms with Gasteiger partial charge in [0.15, 0.2) is 0 Å². The molecule has 1 aliphatic heterocycles. The molecule has 1 atom stereocenters. The maximum absolute atomic E-state index is 11.7. The normalized spacial score (nSPS) is 21.0. The molecular formula is C16H33N3O. The van der Waals surface area contributed by atoms with Gasteiger partial charge in [0.25, 0.3) is 0 Å². The molecule has 0 bridgehead atoms. The Morgan fingerprint density at radius 3 is 2.60 bits per heavy atom. The van der Waals surface area contributed by atoms with E-state index in [-0.39, 0.29) is 11.6 Å². The van der Waals surface area contributed by atoms with Crippen molar-refractivity contribution in [3.8, 4) is 0 Å². The van der Waals surface area contributed by atoms with Crippen molar-refractivity contribution in [2.24, 2.45) is 5.92 Å². The van der Waals surface area contributed by atoms with Crippen LogP contribution in [0.15, 0.2) is 0 Å². The van der Waals surface area contributed by atoms with E-state index in [1.54, 1.807) is 0 Å². The van der Waals surface area contributed by atoms with Crippen LogP contribution in [0.3, 0.4) is 0 Å². The Hall–Kier alpha value is -0.770. The minimum Gasteiger partial charge on any atom is -0.337 e. The third kappa shape index (κ3) is 7.13. The minimum absolute atomic E-state index is 0.0603. The molecule has 118 valence electrons. The summed E-state index contributed by atoms with van der Waals surface area (Å²) in [5.41, 5.74) is -0.171. The van der Waals surface area contributed by atoms with Crippen molar-refractivity contribution < 1.29 is 4.79 Å². The number of likely N-dealkylation sites (tertiary alicyclic amines) is 1. The van der Waals surface area contributed by atoms with Crippen LogP contribution in [0.25, 0.3) is 0 Å². The van der Waals surface area contributed by atoms with Gasteiger partial charge in [0.1, 0.15) is 0 Å². The van der Waals surface area contributed by atoms with Gasteiger partial charge < -0.3 is 10.6 Å². The fourth-order valence-electron chi connectivity index (χ4n) is 2.86. The van der Waals surface area contributed by atoms with Crippen molar-refractivity contribution in [3.63, 3.8) is 0 Å². The van der Waals surface area contributed by atoms with E-state index in [1.165, 1.54) is 32.2 Å². The van der Waals surface area contributed by atoms with E-state index in [4.69, 9.17) is 0 Å². The number of urea groups is 1. The maximum atomic E-state index is 11.7. The molecule has 0 radical (unpaired) electrons. The lowest BCUT2D eigenvalue weighted by molar-refractivity contribution is 0.130. The lowest BCUT2D eigenvalue weighted by Crippen LogP contribution is -2.49. The number of hydrogen-bond donors (Lipinski definition) is 2. The number of carbonyl (C=O) groups is 1. The van der Waals surface area contributed by atoms with Crippen LogP contribution in [0, 0.1) is 5.92 Å². The van der Waals surface area contributed by atoms with Gasteiger partial charge in [0, 0.05) is 24.7 Å². The highest BCUT2D eigenvalue weighted by atomic mass is 16.2. The van der Waals surface area contributed by atoms with Crippen molar-refractivity contribution in [3.05, 3.63) is 0 Å². The van der Waals surface area contributed by atoms with Gasteiger partial charge in [0.2, 0.25) is 0 Å². The smallest absolute Gasteiger partial charge is 0.315 e. The molecule has 2 N–H and O–H groups in total. The second-order valence-electron chi connectivity index (χ2n) is 7.45. The van der Waals surface area contributed by atoms with Crippen molar-refractivity contribution in [1.82, 2.24) is 15.5 Å². The van der Waals surface area contributed by atoms with Crippen LogP contribution in [0.2, 0.25) is 0 Å². The van der Waals surface area contributed by atoms with Crippen molar-refractivity contribution in [1.29, 1.82) is 0 Å². The zero-order valence-corrected chi connectivity index (χ0v) is 14.0. The Labute approximate surface area is 124 Å². The summed E-state index contributed by atoms with van der Waals surface area (Å²) in [4.78, 5) is 14.3. The van der Waals surface area contributed by atoms with E-state index < -0.39 is 0 Å². The molecule has 0 saturated carbocycles. The molecule has 0 unspecified atom stereocenters. The molecular weight excluding hydrogens is 250 g/mol. The highest BCUT2D eigenvalue weighted by molar-refractivity contribution is 5.74. The average Bonchev–Trinajstić information content (AvgIpc) is 2.28. The monoisotopic (exact) mass is 283 g/mol. The number of rotatable bonds is 5. The average molecular weight is 283 g/mol. The third-order valence-electron chi connectivity index (χ3n) is 3.67. The van der Waals surface area contributed by atoms with Crippen LogP contribution in [0.1, 0.15) is 60.3 Å². The second kappa shape index (κ2) is 7.87. The van der Waals surface area contributed by atoms with Gasteiger partial charge in [-0.3, -0.25) is 4.90 Å². The third-order valence-corrected chi connectivity index (χ3v) is 3.67. The Morgan fingerprint density at radius 1 is 1.30 bits per heavy atom. The van der Waals surface area contributed by atoms with Gasteiger partial charge in [-0.05, 0) is 52.5 Å². The summed E-state index contributed by atoms with van der Waals surface area (Å²) in [6, 6.07) is 0.645. The topological polar surface area (TPSA) is 44.4 Å². The summed E-state index contributed by atoms with van der Waals surface area (Å²) >= 11 is 0. The second-order valence-corrected chi connectivity index (χ2v) is 7.45. The Morgan fingerprint density at radius 2 is 2.00 bits per heavy atom. The number of piperidine rings is 1. The van der Waals surface area contributed by atoms with Crippen LogP contribution < -0.4 is 10.6 Å². The lowest BCUT2D eigenvalue weighted by Gasteiger charge is -2.36. The summed E-state index contributed by atoms with van der Waals surface area (Å²) in [5.74, 6) is 0.748. The molecule has 2 amide bonds. The van der Waals surface area contributed by atoms with E-state index in [1.807, 2.05) is 20.8 Å². The number of carbonyl (C=O) groups excluding carboxylic acids is 1. The van der Waals surface area contributed by atoms with Gasteiger partial charge in [-0.1, -0.05) is 20.3 Å². The minimum atomic E-state index is -0.171. The molecule has 4 nitrogen and oxygen atoms in total. The zero-order chi connectivity index (χ0) is 15.2. The summed E-state index contributed by atoms with van der Waals surface area (Å²) in [7, 11) is 0. The van der Waals surface area contributed by atoms with Crippen molar-refractivity contribution >= 4 is 6.03 Å². The molecule has 1 rings (SSSR count). The molecule has 0 aromatic carbocycles. The lowest BCUT2D eigenvalue weighted by atomic mass is 9.94. The van der Waals surface area contributed by atoms with E-state index in [2.05, 4.69) is 29.4 Å². The van der Waals surface area contributed by atoms with Gasteiger partial charge in [-0.25, -0.2) is 4.79 Å². The molecule has 0 spiro atoms. The number of hydrogen-bond acceptors (Lipinski definition) is 2. The van der Waals surface area contributed by atoms with Gasteiger partial charge in [0.05, 0.1) is 0 Å². The molecule has 0 aromatic rings. The number of nitrogens with zero attached hydrogens (tertiary/aromatic N) is 1. The van der Waals surface area contributed by atoms with Crippen molar-refractivity contribution in [2.45, 2.75) is 71.9 Å². The fourth-order valence-corrected chi connectivity index (χ4v) is 2.86. The molecule has 1 heterocycles. The van der Waals surface area contributed by atoms with E-state index >= 15 is 0 Å². The van der Waals surface area contributed by atoms with Crippen LogP contribution in [-0.2, 0) is 0 Å². The quantitative estimate of drug-likeness (QED) is 0.814. The first-order valence-electron chi connectivity index (χ1n) is 8.08. The molecule has 20 heavy (non-hydrogen) atoms. The first-order valence-corrected chi connectivity index (χ1v) is 8.08. The summed E-state index contributed by atoms with van der Waals surface area (Å²) in [6.07, 6.45) is 5.23. The molecule has 1 fully saturated rings. The highest BCUT2D eigenvalue weighted by Crippen LogP contribution is 2.22.